The number of hydrogen-bond acceptors (Lipinski definition) is 5. The maximum atomic E-state index is 9.85. The van der Waals surface area contributed by atoms with Crippen molar-refractivity contribution in [3.63, 3.8) is 0 Å². The first-order chi connectivity index (χ1) is 8.76. The van der Waals surface area contributed by atoms with E-state index >= 15 is 0 Å². The van der Waals surface area contributed by atoms with Crippen LogP contribution in [0.1, 0.15) is 19.8 Å². The summed E-state index contributed by atoms with van der Waals surface area (Å²) in [5.41, 5.74) is 0. The Morgan fingerprint density at radius 3 is 2.44 bits per heavy atom. The molecule has 1 heterocycles. The molecule has 0 amide bonds. The van der Waals surface area contributed by atoms with Gasteiger partial charge >= 0.3 is 0 Å². The summed E-state index contributed by atoms with van der Waals surface area (Å²) in [5.74, 6) is 0. The molecule has 1 saturated heterocycles. The molecule has 0 unspecified atom stereocenters. The average Bonchev–Trinajstić information content (AvgIpc) is 2.37. The first-order valence-electron chi connectivity index (χ1n) is 7.07. The van der Waals surface area contributed by atoms with E-state index in [9.17, 15) is 5.11 Å². The Morgan fingerprint density at radius 1 is 1.17 bits per heavy atom. The van der Waals surface area contributed by atoms with Crippen LogP contribution >= 0.6 is 0 Å². The molecule has 1 fully saturated rings. The fourth-order valence-corrected chi connectivity index (χ4v) is 2.15. The summed E-state index contributed by atoms with van der Waals surface area (Å²) in [5, 5.41) is 18.7. The Morgan fingerprint density at radius 2 is 1.83 bits per heavy atom. The zero-order valence-corrected chi connectivity index (χ0v) is 11.6. The zero-order chi connectivity index (χ0) is 13.2. The number of unbranched alkanes of at least 4 members (excludes halogenated alkanes) is 1. The van der Waals surface area contributed by atoms with Crippen LogP contribution in [0.15, 0.2) is 0 Å². The lowest BCUT2D eigenvalue weighted by atomic mass is 10.2. The van der Waals surface area contributed by atoms with Crippen LogP contribution in [0.2, 0.25) is 0 Å². The average molecular weight is 260 g/mol. The van der Waals surface area contributed by atoms with Crippen molar-refractivity contribution in [1.82, 2.24) is 9.80 Å². The first kappa shape index (κ1) is 15.9. The molecule has 18 heavy (non-hydrogen) atoms. The Balaban J connectivity index is 2.05. The maximum absolute atomic E-state index is 9.85. The van der Waals surface area contributed by atoms with E-state index in [-0.39, 0.29) is 12.7 Å². The van der Waals surface area contributed by atoms with Gasteiger partial charge in [0, 0.05) is 45.9 Å². The van der Waals surface area contributed by atoms with Crippen molar-refractivity contribution in [1.29, 1.82) is 0 Å². The molecule has 0 spiro atoms. The summed E-state index contributed by atoms with van der Waals surface area (Å²) in [6.45, 7) is 8.88. The van der Waals surface area contributed by atoms with E-state index in [4.69, 9.17) is 9.84 Å². The van der Waals surface area contributed by atoms with Crippen molar-refractivity contribution < 1.29 is 14.9 Å². The summed E-state index contributed by atoms with van der Waals surface area (Å²) in [6.07, 6.45) is 1.81. The van der Waals surface area contributed by atoms with Crippen LogP contribution < -0.4 is 0 Å². The second-order valence-electron chi connectivity index (χ2n) is 4.95. The van der Waals surface area contributed by atoms with E-state index in [1.54, 1.807) is 0 Å². The fourth-order valence-electron chi connectivity index (χ4n) is 2.15. The minimum Gasteiger partial charge on any atom is -0.395 e. The van der Waals surface area contributed by atoms with Gasteiger partial charge in [-0.1, -0.05) is 13.3 Å². The van der Waals surface area contributed by atoms with Gasteiger partial charge < -0.3 is 14.9 Å². The Labute approximate surface area is 110 Å². The fraction of sp³-hybridized carbons (Fsp3) is 1.00. The molecule has 1 rings (SSSR count). The van der Waals surface area contributed by atoms with Gasteiger partial charge in [-0.2, -0.15) is 0 Å². The summed E-state index contributed by atoms with van der Waals surface area (Å²) in [6, 6.07) is 0. The minimum absolute atomic E-state index is 0.230. The van der Waals surface area contributed by atoms with Gasteiger partial charge in [-0.15, -0.1) is 0 Å². The molecule has 0 aromatic rings. The molecule has 0 radical (unpaired) electrons. The zero-order valence-electron chi connectivity index (χ0n) is 11.6. The molecule has 0 bridgehead atoms. The molecule has 0 saturated carbocycles. The Hall–Kier alpha value is -0.200. The van der Waals surface area contributed by atoms with Crippen molar-refractivity contribution in [3.05, 3.63) is 0 Å². The molecule has 5 nitrogen and oxygen atoms in total. The van der Waals surface area contributed by atoms with Crippen molar-refractivity contribution in [3.8, 4) is 0 Å². The number of aliphatic hydroxyl groups excluding tert-OH is 2. The van der Waals surface area contributed by atoms with Gasteiger partial charge in [0.15, 0.2) is 0 Å². The number of piperazine rings is 1. The predicted octanol–water partition coefficient (Wildman–Crippen LogP) is -0.226. The van der Waals surface area contributed by atoms with Crippen LogP contribution in [0.25, 0.3) is 0 Å². The number of nitrogens with zero attached hydrogens (tertiary/aromatic N) is 2. The van der Waals surface area contributed by atoms with Gasteiger partial charge in [0.25, 0.3) is 0 Å². The molecule has 5 heteroatoms. The van der Waals surface area contributed by atoms with Crippen LogP contribution in [0, 0.1) is 0 Å². The highest BCUT2D eigenvalue weighted by Gasteiger charge is 2.18. The van der Waals surface area contributed by atoms with Crippen LogP contribution in [-0.4, -0.2) is 85.2 Å². The molecular formula is C13H28N2O3. The molecule has 0 aromatic heterocycles. The molecule has 1 atom stereocenters. The lowest BCUT2D eigenvalue weighted by Gasteiger charge is -2.35. The minimum atomic E-state index is -0.383. The Bertz CT molecular complexity index is 197. The van der Waals surface area contributed by atoms with Crippen LogP contribution in [0.3, 0.4) is 0 Å². The molecular weight excluding hydrogens is 232 g/mol. The number of rotatable bonds is 9. The van der Waals surface area contributed by atoms with Crippen molar-refractivity contribution >= 4 is 0 Å². The number of ether oxygens (including phenoxy) is 1. The molecule has 0 aliphatic carbocycles. The lowest BCUT2D eigenvalue weighted by Crippen LogP contribution is -2.49. The van der Waals surface area contributed by atoms with E-state index in [1.807, 2.05) is 0 Å². The summed E-state index contributed by atoms with van der Waals surface area (Å²) >= 11 is 0. The van der Waals surface area contributed by atoms with Crippen molar-refractivity contribution in [2.45, 2.75) is 25.9 Å². The van der Waals surface area contributed by atoms with Gasteiger partial charge in [-0.05, 0) is 6.42 Å². The van der Waals surface area contributed by atoms with Gasteiger partial charge in [0.1, 0.15) is 0 Å². The molecule has 1 aliphatic rings. The topological polar surface area (TPSA) is 56.2 Å². The van der Waals surface area contributed by atoms with Gasteiger partial charge in [0.2, 0.25) is 0 Å². The molecule has 1 aliphatic heterocycles. The largest absolute Gasteiger partial charge is 0.395 e. The highest BCUT2D eigenvalue weighted by Crippen LogP contribution is 2.02. The lowest BCUT2D eigenvalue weighted by molar-refractivity contribution is 0.00545. The number of aliphatic hydroxyl groups is 2. The number of hydrogen-bond donors (Lipinski definition) is 2. The predicted molar refractivity (Wildman–Crippen MR) is 71.7 cm³/mol. The third-order valence-electron chi connectivity index (χ3n) is 3.30. The summed E-state index contributed by atoms with van der Waals surface area (Å²) in [7, 11) is 0. The van der Waals surface area contributed by atoms with E-state index in [1.165, 1.54) is 0 Å². The van der Waals surface area contributed by atoms with Gasteiger partial charge in [-0.3, -0.25) is 9.80 Å². The second kappa shape index (κ2) is 9.69. The van der Waals surface area contributed by atoms with Crippen LogP contribution in [0.4, 0.5) is 0 Å². The number of β-amino-alcohol motifs (C(OH)–C–C–N with tert-alkyl or cyclic N) is 2. The monoisotopic (exact) mass is 260 g/mol. The van der Waals surface area contributed by atoms with E-state index in [0.717, 1.165) is 52.2 Å². The Kier molecular flexibility index (Phi) is 8.54. The molecule has 108 valence electrons. The quantitative estimate of drug-likeness (QED) is 0.561. The standard InChI is InChI=1S/C13H28N2O3/c1-2-3-10-18-12-13(17)11-15-6-4-14(5-7-15)8-9-16/h13,16-17H,2-12H2,1H3/t13-/m1/s1. The van der Waals surface area contributed by atoms with Gasteiger partial charge in [0.05, 0.1) is 19.3 Å². The molecule has 0 aromatic carbocycles. The smallest absolute Gasteiger partial charge is 0.0900 e. The highest BCUT2D eigenvalue weighted by molar-refractivity contribution is 4.73. The van der Waals surface area contributed by atoms with Crippen LogP contribution in [0.5, 0.6) is 0 Å². The van der Waals surface area contributed by atoms with E-state index in [0.29, 0.717) is 13.2 Å². The van der Waals surface area contributed by atoms with E-state index < -0.39 is 0 Å². The van der Waals surface area contributed by atoms with Crippen molar-refractivity contribution in [2.75, 3.05) is 59.1 Å². The highest BCUT2D eigenvalue weighted by atomic mass is 16.5. The second-order valence-corrected chi connectivity index (χ2v) is 4.95. The van der Waals surface area contributed by atoms with Crippen LogP contribution in [-0.2, 0) is 4.74 Å². The van der Waals surface area contributed by atoms with E-state index in [2.05, 4.69) is 16.7 Å². The third-order valence-corrected chi connectivity index (χ3v) is 3.30. The first-order valence-corrected chi connectivity index (χ1v) is 7.07. The van der Waals surface area contributed by atoms with Crippen molar-refractivity contribution in [2.24, 2.45) is 0 Å². The summed E-state index contributed by atoms with van der Waals surface area (Å²) < 4.78 is 5.42. The summed E-state index contributed by atoms with van der Waals surface area (Å²) in [4.78, 5) is 4.52. The normalized spacial score (nSPS) is 20.2. The molecule has 2 N–H and O–H groups in total. The maximum Gasteiger partial charge on any atom is 0.0900 e. The third kappa shape index (κ3) is 6.66. The SMILES string of the molecule is CCCCOC[C@H](O)CN1CCN(CCO)CC1. The van der Waals surface area contributed by atoms with Gasteiger partial charge in [-0.25, -0.2) is 0 Å².